The highest BCUT2D eigenvalue weighted by atomic mass is 79.9. The van der Waals surface area contributed by atoms with Crippen molar-refractivity contribution in [3.63, 3.8) is 0 Å². The third kappa shape index (κ3) is 2.86. The fourth-order valence-electron chi connectivity index (χ4n) is 1.46. The lowest BCUT2D eigenvalue weighted by molar-refractivity contribution is 1.44. The van der Waals surface area contributed by atoms with Crippen molar-refractivity contribution in [2.24, 2.45) is 0 Å². The number of nitrogens with zero attached hydrogens (tertiary/aromatic N) is 1. The SMILES string of the molecule is N#Cc1cc(Br)ccc1Nc1cccc(Cl)c1Br. The first-order valence-corrected chi connectivity index (χ1v) is 6.99. The summed E-state index contributed by atoms with van der Waals surface area (Å²) in [5.41, 5.74) is 2.13. The molecule has 0 atom stereocenters. The Kier molecular flexibility index (Phi) is 4.28. The Morgan fingerprint density at radius 3 is 2.61 bits per heavy atom. The number of benzene rings is 2. The summed E-state index contributed by atoms with van der Waals surface area (Å²) in [7, 11) is 0. The Morgan fingerprint density at radius 1 is 1.11 bits per heavy atom. The van der Waals surface area contributed by atoms with Crippen molar-refractivity contribution in [3.05, 3.63) is 55.9 Å². The molecule has 0 radical (unpaired) electrons. The molecule has 0 amide bonds. The number of anilines is 2. The molecule has 1 N–H and O–H groups in total. The van der Waals surface area contributed by atoms with Gasteiger partial charge in [0, 0.05) is 4.47 Å². The average molecular weight is 386 g/mol. The van der Waals surface area contributed by atoms with Crippen molar-refractivity contribution >= 4 is 54.8 Å². The van der Waals surface area contributed by atoms with Crippen molar-refractivity contribution in [3.8, 4) is 6.07 Å². The second-order valence-corrected chi connectivity index (χ2v) is 5.64. The monoisotopic (exact) mass is 384 g/mol. The maximum absolute atomic E-state index is 9.10. The minimum absolute atomic E-state index is 0.566. The number of hydrogen-bond donors (Lipinski definition) is 1. The van der Waals surface area contributed by atoms with Gasteiger partial charge in [-0.25, -0.2) is 0 Å². The molecule has 0 aliphatic rings. The van der Waals surface area contributed by atoms with E-state index in [-0.39, 0.29) is 0 Å². The molecule has 0 unspecified atom stereocenters. The Balaban J connectivity index is 2.41. The van der Waals surface area contributed by atoms with Gasteiger partial charge in [0.05, 0.1) is 26.4 Å². The molecule has 90 valence electrons. The van der Waals surface area contributed by atoms with Gasteiger partial charge in [0.25, 0.3) is 0 Å². The van der Waals surface area contributed by atoms with Crippen LogP contribution in [0.25, 0.3) is 0 Å². The van der Waals surface area contributed by atoms with Gasteiger partial charge in [-0.2, -0.15) is 5.26 Å². The molecule has 0 heterocycles. The third-order valence-corrected chi connectivity index (χ3v) is 4.21. The summed E-state index contributed by atoms with van der Waals surface area (Å²) < 4.78 is 1.65. The fourth-order valence-corrected chi connectivity index (χ4v) is 2.36. The molecule has 2 rings (SSSR count). The van der Waals surface area contributed by atoms with E-state index < -0.39 is 0 Å². The van der Waals surface area contributed by atoms with Crippen LogP contribution < -0.4 is 5.32 Å². The Morgan fingerprint density at radius 2 is 1.89 bits per heavy atom. The molecule has 0 aliphatic carbocycles. The van der Waals surface area contributed by atoms with E-state index >= 15 is 0 Å². The molecule has 0 spiro atoms. The van der Waals surface area contributed by atoms with Gasteiger partial charge in [-0.1, -0.05) is 33.6 Å². The van der Waals surface area contributed by atoms with E-state index in [4.69, 9.17) is 16.9 Å². The van der Waals surface area contributed by atoms with Crippen LogP contribution in [0.3, 0.4) is 0 Å². The summed E-state index contributed by atoms with van der Waals surface area (Å²) in [4.78, 5) is 0. The Labute approximate surface area is 127 Å². The molecule has 5 heteroatoms. The molecule has 2 aromatic carbocycles. The second-order valence-electron chi connectivity index (χ2n) is 3.53. The van der Waals surface area contributed by atoms with Crippen LogP contribution in [-0.4, -0.2) is 0 Å². The first-order valence-electron chi connectivity index (χ1n) is 5.02. The van der Waals surface area contributed by atoms with Crippen LogP contribution in [0.15, 0.2) is 45.3 Å². The van der Waals surface area contributed by atoms with Gasteiger partial charge in [0.1, 0.15) is 6.07 Å². The zero-order chi connectivity index (χ0) is 13.1. The lowest BCUT2D eigenvalue weighted by Crippen LogP contribution is -1.94. The van der Waals surface area contributed by atoms with Crippen LogP contribution in [0.1, 0.15) is 5.56 Å². The van der Waals surface area contributed by atoms with Gasteiger partial charge in [-0.15, -0.1) is 0 Å². The highest BCUT2D eigenvalue weighted by Crippen LogP contribution is 2.33. The van der Waals surface area contributed by atoms with E-state index in [1.807, 2.05) is 24.3 Å². The number of hydrogen-bond acceptors (Lipinski definition) is 2. The van der Waals surface area contributed by atoms with Crippen LogP contribution in [0.5, 0.6) is 0 Å². The molecule has 0 aliphatic heterocycles. The van der Waals surface area contributed by atoms with Crippen LogP contribution >= 0.6 is 43.5 Å². The number of rotatable bonds is 2. The summed E-state index contributed by atoms with van der Waals surface area (Å²) in [6.45, 7) is 0. The van der Waals surface area contributed by atoms with E-state index in [0.29, 0.717) is 10.6 Å². The summed E-state index contributed by atoms with van der Waals surface area (Å²) in [5, 5.41) is 12.9. The number of nitrogens with one attached hydrogen (secondary N) is 1. The highest BCUT2D eigenvalue weighted by Gasteiger charge is 2.07. The minimum atomic E-state index is 0.566. The van der Waals surface area contributed by atoms with Crippen molar-refractivity contribution in [1.29, 1.82) is 5.26 Å². The highest BCUT2D eigenvalue weighted by molar-refractivity contribution is 9.11. The quantitative estimate of drug-likeness (QED) is 0.742. The third-order valence-electron chi connectivity index (χ3n) is 2.32. The summed E-state index contributed by atoms with van der Waals surface area (Å²) in [6.07, 6.45) is 0. The lowest BCUT2D eigenvalue weighted by atomic mass is 10.2. The van der Waals surface area contributed by atoms with E-state index in [9.17, 15) is 0 Å². The normalized spacial score (nSPS) is 9.89. The first-order chi connectivity index (χ1) is 8.61. The second kappa shape index (κ2) is 5.75. The van der Waals surface area contributed by atoms with Gasteiger partial charge in [-0.3, -0.25) is 0 Å². The Hall–Kier alpha value is -1.02. The van der Waals surface area contributed by atoms with Gasteiger partial charge in [0.15, 0.2) is 0 Å². The van der Waals surface area contributed by atoms with Crippen LogP contribution in [0, 0.1) is 11.3 Å². The predicted molar refractivity (Wildman–Crippen MR) is 81.3 cm³/mol. The van der Waals surface area contributed by atoms with Crippen molar-refractivity contribution in [1.82, 2.24) is 0 Å². The van der Waals surface area contributed by atoms with Gasteiger partial charge >= 0.3 is 0 Å². The molecule has 0 saturated carbocycles. The van der Waals surface area contributed by atoms with Crippen molar-refractivity contribution in [2.75, 3.05) is 5.32 Å². The maximum atomic E-state index is 9.10. The smallest absolute Gasteiger partial charge is 0.101 e. The van der Waals surface area contributed by atoms with E-state index in [2.05, 4.69) is 43.2 Å². The van der Waals surface area contributed by atoms with E-state index in [1.54, 1.807) is 12.1 Å². The Bertz CT molecular complexity index is 635. The fraction of sp³-hybridized carbons (Fsp3) is 0. The molecule has 0 aromatic heterocycles. The van der Waals surface area contributed by atoms with Crippen LogP contribution in [0.4, 0.5) is 11.4 Å². The lowest BCUT2D eigenvalue weighted by Gasteiger charge is -2.11. The summed E-state index contributed by atoms with van der Waals surface area (Å²) in [5.74, 6) is 0. The van der Waals surface area contributed by atoms with Gasteiger partial charge < -0.3 is 5.32 Å². The van der Waals surface area contributed by atoms with Crippen LogP contribution in [-0.2, 0) is 0 Å². The largest absolute Gasteiger partial charge is 0.353 e. The van der Waals surface area contributed by atoms with E-state index in [1.165, 1.54) is 0 Å². The zero-order valence-electron chi connectivity index (χ0n) is 9.05. The molecule has 2 nitrogen and oxygen atoms in total. The number of nitriles is 1. The van der Waals surface area contributed by atoms with Gasteiger partial charge in [-0.05, 0) is 46.3 Å². The topological polar surface area (TPSA) is 35.8 Å². The van der Waals surface area contributed by atoms with Gasteiger partial charge in [0.2, 0.25) is 0 Å². The molecular weight excluding hydrogens is 379 g/mol. The molecule has 0 fully saturated rings. The maximum Gasteiger partial charge on any atom is 0.101 e. The van der Waals surface area contributed by atoms with E-state index in [0.717, 1.165) is 20.3 Å². The molecule has 0 saturated heterocycles. The predicted octanol–water partition coefficient (Wildman–Crippen LogP) is 5.48. The molecule has 2 aromatic rings. The summed E-state index contributed by atoms with van der Waals surface area (Å²) in [6, 6.07) is 13.2. The summed E-state index contributed by atoms with van der Waals surface area (Å²) >= 11 is 12.8. The van der Waals surface area contributed by atoms with Crippen molar-refractivity contribution in [2.45, 2.75) is 0 Å². The average Bonchev–Trinajstić information content (AvgIpc) is 2.37. The van der Waals surface area contributed by atoms with Crippen molar-refractivity contribution < 1.29 is 0 Å². The molecule has 0 bridgehead atoms. The first kappa shape index (κ1) is 13.4. The molecule has 18 heavy (non-hydrogen) atoms. The standard InChI is InChI=1S/C13H7Br2ClN2/c14-9-4-5-11(8(6-9)7-17)18-12-3-1-2-10(16)13(12)15/h1-6,18H. The van der Waals surface area contributed by atoms with Crippen LogP contribution in [0.2, 0.25) is 5.02 Å². The number of halogens is 3. The molecular formula is C13H7Br2ClN2. The minimum Gasteiger partial charge on any atom is -0.353 e. The zero-order valence-corrected chi connectivity index (χ0v) is 13.0.